The van der Waals surface area contributed by atoms with Crippen molar-refractivity contribution >= 4 is 5.97 Å². The Kier molecular flexibility index (Phi) is 5.22. The molecule has 2 N–H and O–H groups in total. The minimum Gasteiger partial charge on any atom is -0.481 e. The highest BCUT2D eigenvalue weighted by molar-refractivity contribution is 5.66. The zero-order valence-electron chi connectivity index (χ0n) is 10.1. The zero-order chi connectivity index (χ0) is 12.0. The molecular formula is C12H23NO3. The van der Waals surface area contributed by atoms with Crippen LogP contribution in [0.2, 0.25) is 0 Å². The average Bonchev–Trinajstić information content (AvgIpc) is 2.17. The molecule has 0 aromatic carbocycles. The third-order valence-corrected chi connectivity index (χ3v) is 3.28. The molecule has 0 amide bonds. The molecule has 4 heteroatoms. The van der Waals surface area contributed by atoms with Crippen molar-refractivity contribution in [2.75, 3.05) is 20.1 Å². The van der Waals surface area contributed by atoms with Gasteiger partial charge in [-0.2, -0.15) is 0 Å². The standard InChI is InChI=1S/C12H23NO3/c1-13(9-5-6-11(14)15)10-12(16)7-3-2-4-8-12/h16H,2-10H2,1H3,(H,14,15). The van der Waals surface area contributed by atoms with E-state index in [-0.39, 0.29) is 6.42 Å². The van der Waals surface area contributed by atoms with Crippen molar-refractivity contribution < 1.29 is 15.0 Å². The lowest BCUT2D eigenvalue weighted by Gasteiger charge is -2.35. The summed E-state index contributed by atoms with van der Waals surface area (Å²) >= 11 is 0. The lowest BCUT2D eigenvalue weighted by molar-refractivity contribution is -0.137. The maximum Gasteiger partial charge on any atom is 0.303 e. The maximum atomic E-state index is 10.4. The number of hydrogen-bond donors (Lipinski definition) is 2. The Morgan fingerprint density at radius 1 is 1.31 bits per heavy atom. The van der Waals surface area contributed by atoms with Gasteiger partial charge in [-0.15, -0.1) is 0 Å². The van der Waals surface area contributed by atoms with Crippen molar-refractivity contribution in [3.8, 4) is 0 Å². The van der Waals surface area contributed by atoms with Gasteiger partial charge >= 0.3 is 5.97 Å². The van der Waals surface area contributed by atoms with E-state index < -0.39 is 11.6 Å². The molecule has 0 aromatic rings. The van der Waals surface area contributed by atoms with E-state index in [0.717, 1.165) is 32.2 Å². The molecule has 0 radical (unpaired) electrons. The SMILES string of the molecule is CN(CCCC(=O)O)CC1(O)CCCCC1. The Morgan fingerprint density at radius 2 is 1.94 bits per heavy atom. The largest absolute Gasteiger partial charge is 0.481 e. The van der Waals surface area contributed by atoms with Crippen LogP contribution in [0.5, 0.6) is 0 Å². The van der Waals surface area contributed by atoms with Gasteiger partial charge in [-0.1, -0.05) is 19.3 Å². The van der Waals surface area contributed by atoms with Gasteiger partial charge in [0, 0.05) is 13.0 Å². The van der Waals surface area contributed by atoms with Crippen molar-refractivity contribution in [1.29, 1.82) is 0 Å². The molecule has 0 aliphatic heterocycles. The Hall–Kier alpha value is -0.610. The first-order chi connectivity index (χ1) is 7.52. The van der Waals surface area contributed by atoms with E-state index in [2.05, 4.69) is 0 Å². The number of rotatable bonds is 6. The molecule has 94 valence electrons. The molecule has 0 atom stereocenters. The fraction of sp³-hybridized carbons (Fsp3) is 0.917. The monoisotopic (exact) mass is 229 g/mol. The van der Waals surface area contributed by atoms with Crippen molar-refractivity contribution in [3.63, 3.8) is 0 Å². The van der Waals surface area contributed by atoms with Gasteiger partial charge in [0.1, 0.15) is 0 Å². The topological polar surface area (TPSA) is 60.8 Å². The zero-order valence-corrected chi connectivity index (χ0v) is 10.1. The number of carbonyl (C=O) groups is 1. The van der Waals surface area contributed by atoms with E-state index in [1.165, 1.54) is 6.42 Å². The van der Waals surface area contributed by atoms with Gasteiger partial charge in [0.25, 0.3) is 0 Å². The fourth-order valence-corrected chi connectivity index (χ4v) is 2.45. The number of likely N-dealkylation sites (N-methyl/N-ethyl adjacent to an activating group) is 1. The summed E-state index contributed by atoms with van der Waals surface area (Å²) in [5, 5.41) is 18.8. The van der Waals surface area contributed by atoms with E-state index in [1.54, 1.807) is 0 Å². The van der Waals surface area contributed by atoms with Crippen molar-refractivity contribution in [1.82, 2.24) is 4.90 Å². The molecule has 1 fully saturated rings. The fourth-order valence-electron chi connectivity index (χ4n) is 2.45. The summed E-state index contributed by atoms with van der Waals surface area (Å²) in [6.45, 7) is 1.42. The van der Waals surface area contributed by atoms with E-state index in [1.807, 2.05) is 11.9 Å². The van der Waals surface area contributed by atoms with Crippen LogP contribution < -0.4 is 0 Å². The molecule has 0 bridgehead atoms. The third kappa shape index (κ3) is 4.94. The second kappa shape index (κ2) is 6.21. The first-order valence-electron chi connectivity index (χ1n) is 6.15. The third-order valence-electron chi connectivity index (χ3n) is 3.28. The summed E-state index contributed by atoms with van der Waals surface area (Å²) in [7, 11) is 1.95. The molecule has 1 rings (SSSR count). The van der Waals surface area contributed by atoms with Crippen LogP contribution in [0.1, 0.15) is 44.9 Å². The first-order valence-corrected chi connectivity index (χ1v) is 6.15. The van der Waals surface area contributed by atoms with Gasteiger partial charge in [0.05, 0.1) is 5.60 Å². The Morgan fingerprint density at radius 3 is 2.50 bits per heavy atom. The number of carboxylic acid groups (broad SMARTS) is 1. The van der Waals surface area contributed by atoms with Gasteiger partial charge in [0.2, 0.25) is 0 Å². The Balaban J connectivity index is 2.21. The van der Waals surface area contributed by atoms with Gasteiger partial charge in [0.15, 0.2) is 0 Å². The summed E-state index contributed by atoms with van der Waals surface area (Å²) in [6, 6.07) is 0. The molecule has 1 aliphatic rings. The molecule has 16 heavy (non-hydrogen) atoms. The van der Waals surface area contributed by atoms with Crippen LogP contribution >= 0.6 is 0 Å². The highest BCUT2D eigenvalue weighted by Crippen LogP contribution is 2.28. The summed E-state index contributed by atoms with van der Waals surface area (Å²) < 4.78 is 0. The van der Waals surface area contributed by atoms with Crippen LogP contribution in [0.3, 0.4) is 0 Å². The van der Waals surface area contributed by atoms with Crippen molar-refractivity contribution in [2.24, 2.45) is 0 Å². The molecule has 4 nitrogen and oxygen atoms in total. The summed E-state index contributed by atoms with van der Waals surface area (Å²) in [5.41, 5.74) is -0.532. The predicted molar refractivity (Wildman–Crippen MR) is 62.4 cm³/mol. The van der Waals surface area contributed by atoms with E-state index in [4.69, 9.17) is 5.11 Å². The van der Waals surface area contributed by atoms with Gasteiger partial charge in [-0.05, 0) is 32.9 Å². The normalized spacial score (nSPS) is 19.9. The Bertz CT molecular complexity index is 224. The number of aliphatic hydroxyl groups is 1. The lowest BCUT2D eigenvalue weighted by atomic mass is 9.84. The number of hydrogen-bond acceptors (Lipinski definition) is 3. The number of carboxylic acids is 1. The molecule has 0 heterocycles. The summed E-state index contributed by atoms with van der Waals surface area (Å²) in [5.74, 6) is -0.746. The minimum absolute atomic E-state index is 0.211. The molecule has 1 saturated carbocycles. The summed E-state index contributed by atoms with van der Waals surface area (Å²) in [6.07, 6.45) is 6.08. The van der Waals surface area contributed by atoms with E-state index in [0.29, 0.717) is 13.0 Å². The second-order valence-electron chi connectivity index (χ2n) is 5.02. The second-order valence-corrected chi connectivity index (χ2v) is 5.02. The van der Waals surface area contributed by atoms with Gasteiger partial charge < -0.3 is 15.1 Å². The maximum absolute atomic E-state index is 10.4. The van der Waals surface area contributed by atoms with Crippen LogP contribution in [0.15, 0.2) is 0 Å². The van der Waals surface area contributed by atoms with Crippen LogP contribution in [0.4, 0.5) is 0 Å². The molecule has 0 saturated heterocycles. The highest BCUT2D eigenvalue weighted by Gasteiger charge is 2.30. The van der Waals surface area contributed by atoms with Crippen LogP contribution in [-0.4, -0.2) is 46.8 Å². The van der Waals surface area contributed by atoms with Crippen molar-refractivity contribution in [2.45, 2.75) is 50.5 Å². The molecule has 1 aliphatic carbocycles. The first kappa shape index (κ1) is 13.5. The molecular weight excluding hydrogens is 206 g/mol. The lowest BCUT2D eigenvalue weighted by Crippen LogP contribution is -2.43. The summed E-state index contributed by atoms with van der Waals surface area (Å²) in [4.78, 5) is 12.4. The average molecular weight is 229 g/mol. The molecule has 0 unspecified atom stereocenters. The molecule has 0 spiro atoms. The van der Waals surface area contributed by atoms with Gasteiger partial charge in [-0.3, -0.25) is 4.79 Å². The highest BCUT2D eigenvalue weighted by atomic mass is 16.4. The van der Waals surface area contributed by atoms with Crippen LogP contribution in [0.25, 0.3) is 0 Å². The smallest absolute Gasteiger partial charge is 0.303 e. The van der Waals surface area contributed by atoms with Crippen LogP contribution in [0, 0.1) is 0 Å². The minimum atomic E-state index is -0.746. The molecule has 0 aromatic heterocycles. The number of aliphatic carboxylic acids is 1. The quantitative estimate of drug-likeness (QED) is 0.724. The van der Waals surface area contributed by atoms with E-state index in [9.17, 15) is 9.90 Å². The van der Waals surface area contributed by atoms with Gasteiger partial charge in [-0.25, -0.2) is 0 Å². The van der Waals surface area contributed by atoms with E-state index >= 15 is 0 Å². The van der Waals surface area contributed by atoms with Crippen LogP contribution in [-0.2, 0) is 4.79 Å². The van der Waals surface area contributed by atoms with Crippen molar-refractivity contribution in [3.05, 3.63) is 0 Å². The predicted octanol–water partition coefficient (Wildman–Crippen LogP) is 1.48. The number of nitrogens with zero attached hydrogens (tertiary/aromatic N) is 1. The Labute approximate surface area is 97.3 Å².